The first kappa shape index (κ1) is 14.7. The van der Waals surface area contributed by atoms with Gasteiger partial charge in [0.05, 0.1) is 16.8 Å². The number of amides is 1. The molecule has 0 bridgehead atoms. The number of nitrogens with zero attached hydrogens (tertiary/aromatic N) is 2. The van der Waals surface area contributed by atoms with Crippen molar-refractivity contribution in [1.29, 1.82) is 0 Å². The molecule has 2 aromatic carbocycles. The van der Waals surface area contributed by atoms with Crippen LogP contribution in [0.25, 0.3) is 10.2 Å². The molecule has 0 radical (unpaired) electrons. The van der Waals surface area contributed by atoms with E-state index in [0.29, 0.717) is 6.54 Å². The van der Waals surface area contributed by atoms with Crippen LogP contribution < -0.4 is 0 Å². The van der Waals surface area contributed by atoms with E-state index in [1.807, 2.05) is 49.5 Å². The van der Waals surface area contributed by atoms with Crippen molar-refractivity contribution >= 4 is 27.5 Å². The maximum absolute atomic E-state index is 12.5. The minimum atomic E-state index is 0.0295. The lowest BCUT2D eigenvalue weighted by Crippen LogP contribution is -2.26. The minimum absolute atomic E-state index is 0.0295. The van der Waals surface area contributed by atoms with Crippen molar-refractivity contribution in [2.45, 2.75) is 19.9 Å². The number of aryl methyl sites for hydroxylation is 1. The Labute approximate surface area is 134 Å². The van der Waals surface area contributed by atoms with Crippen molar-refractivity contribution in [3.8, 4) is 0 Å². The molecule has 112 valence electrons. The minimum Gasteiger partial charge on any atom is -0.335 e. The molecule has 1 aromatic heterocycles. The molecule has 0 saturated carbocycles. The maximum Gasteiger partial charge on any atom is 0.253 e. The van der Waals surface area contributed by atoms with Crippen molar-refractivity contribution in [1.82, 2.24) is 9.88 Å². The molecule has 0 atom stereocenters. The van der Waals surface area contributed by atoms with Crippen LogP contribution in [0.2, 0.25) is 0 Å². The molecular weight excluding hydrogens is 292 g/mol. The standard InChI is InChI=1S/C18H18N2OS/c1-3-13-8-10-14(11-9-13)18(21)20(2)12-17-19-15-6-4-5-7-16(15)22-17/h4-11H,3,12H2,1-2H3. The van der Waals surface area contributed by atoms with Gasteiger partial charge in [-0.1, -0.05) is 31.2 Å². The fourth-order valence-corrected chi connectivity index (χ4v) is 3.39. The Morgan fingerprint density at radius 2 is 1.86 bits per heavy atom. The Morgan fingerprint density at radius 1 is 1.14 bits per heavy atom. The fraction of sp³-hybridized carbons (Fsp3) is 0.222. The normalized spacial score (nSPS) is 10.8. The third-order valence-electron chi connectivity index (χ3n) is 3.67. The lowest BCUT2D eigenvalue weighted by atomic mass is 10.1. The molecule has 1 heterocycles. The van der Waals surface area contributed by atoms with Gasteiger partial charge in [-0.15, -0.1) is 11.3 Å². The highest BCUT2D eigenvalue weighted by Crippen LogP contribution is 2.22. The second-order valence-electron chi connectivity index (χ2n) is 5.29. The summed E-state index contributed by atoms with van der Waals surface area (Å²) in [6.07, 6.45) is 0.982. The van der Waals surface area contributed by atoms with Crippen LogP contribution in [0.4, 0.5) is 0 Å². The second-order valence-corrected chi connectivity index (χ2v) is 6.40. The number of carbonyl (C=O) groups is 1. The molecule has 3 nitrogen and oxygen atoms in total. The van der Waals surface area contributed by atoms with Gasteiger partial charge < -0.3 is 4.90 Å². The van der Waals surface area contributed by atoms with E-state index in [9.17, 15) is 4.79 Å². The van der Waals surface area contributed by atoms with Gasteiger partial charge in [0.15, 0.2) is 0 Å². The SMILES string of the molecule is CCc1ccc(C(=O)N(C)Cc2nc3ccccc3s2)cc1. The second kappa shape index (κ2) is 6.28. The topological polar surface area (TPSA) is 33.2 Å². The van der Waals surface area contributed by atoms with Gasteiger partial charge in [0, 0.05) is 12.6 Å². The summed E-state index contributed by atoms with van der Waals surface area (Å²) in [5.74, 6) is 0.0295. The summed E-state index contributed by atoms with van der Waals surface area (Å²) in [5.41, 5.74) is 2.96. The number of hydrogen-bond donors (Lipinski definition) is 0. The molecule has 3 rings (SSSR count). The van der Waals surface area contributed by atoms with Gasteiger partial charge in [0.1, 0.15) is 5.01 Å². The highest BCUT2D eigenvalue weighted by atomic mass is 32.1. The molecule has 1 amide bonds. The number of para-hydroxylation sites is 1. The Morgan fingerprint density at radius 3 is 2.55 bits per heavy atom. The van der Waals surface area contributed by atoms with Crippen LogP contribution in [-0.2, 0) is 13.0 Å². The Balaban J connectivity index is 1.74. The van der Waals surface area contributed by atoms with Gasteiger partial charge >= 0.3 is 0 Å². The lowest BCUT2D eigenvalue weighted by molar-refractivity contribution is 0.0785. The van der Waals surface area contributed by atoms with Gasteiger partial charge in [-0.3, -0.25) is 4.79 Å². The van der Waals surface area contributed by atoms with E-state index in [4.69, 9.17) is 0 Å². The molecule has 0 unspecified atom stereocenters. The fourth-order valence-electron chi connectivity index (χ4n) is 2.37. The predicted octanol–water partition coefficient (Wildman–Crippen LogP) is 4.13. The summed E-state index contributed by atoms with van der Waals surface area (Å²) in [6.45, 7) is 2.64. The number of aromatic nitrogens is 1. The van der Waals surface area contributed by atoms with E-state index in [-0.39, 0.29) is 5.91 Å². The van der Waals surface area contributed by atoms with Crippen LogP contribution in [0.5, 0.6) is 0 Å². The molecule has 0 aliphatic carbocycles. The summed E-state index contributed by atoms with van der Waals surface area (Å²) >= 11 is 1.64. The third kappa shape index (κ3) is 3.02. The number of thiazole rings is 1. The number of benzene rings is 2. The van der Waals surface area contributed by atoms with Crippen molar-refractivity contribution in [2.24, 2.45) is 0 Å². The molecule has 0 fully saturated rings. The summed E-state index contributed by atoms with van der Waals surface area (Å²) in [7, 11) is 1.82. The van der Waals surface area contributed by atoms with Gasteiger partial charge in [-0.2, -0.15) is 0 Å². The van der Waals surface area contributed by atoms with E-state index in [0.717, 1.165) is 27.2 Å². The van der Waals surface area contributed by atoms with Crippen LogP contribution >= 0.6 is 11.3 Å². The Bertz CT molecular complexity index is 759. The summed E-state index contributed by atoms with van der Waals surface area (Å²) in [5, 5.41) is 0.960. The highest BCUT2D eigenvalue weighted by Gasteiger charge is 2.14. The summed E-state index contributed by atoms with van der Waals surface area (Å²) in [6, 6.07) is 15.9. The van der Waals surface area contributed by atoms with E-state index < -0.39 is 0 Å². The quantitative estimate of drug-likeness (QED) is 0.726. The van der Waals surface area contributed by atoms with Gasteiger partial charge in [-0.25, -0.2) is 4.98 Å². The first-order valence-corrected chi connectivity index (χ1v) is 8.18. The average molecular weight is 310 g/mol. The molecule has 0 aliphatic heterocycles. The predicted molar refractivity (Wildman–Crippen MR) is 91.2 cm³/mol. The van der Waals surface area contributed by atoms with Gasteiger partial charge in [0.2, 0.25) is 0 Å². The largest absolute Gasteiger partial charge is 0.335 e. The maximum atomic E-state index is 12.5. The molecule has 0 saturated heterocycles. The van der Waals surface area contributed by atoms with Crippen molar-refractivity contribution < 1.29 is 4.79 Å². The van der Waals surface area contributed by atoms with Crippen molar-refractivity contribution in [3.05, 3.63) is 64.7 Å². The molecule has 4 heteroatoms. The summed E-state index contributed by atoms with van der Waals surface area (Å²) < 4.78 is 1.16. The monoisotopic (exact) mass is 310 g/mol. The van der Waals surface area contributed by atoms with Gasteiger partial charge in [0.25, 0.3) is 5.91 Å². The lowest BCUT2D eigenvalue weighted by Gasteiger charge is -2.15. The van der Waals surface area contributed by atoms with E-state index in [1.165, 1.54) is 5.56 Å². The van der Waals surface area contributed by atoms with E-state index in [1.54, 1.807) is 16.2 Å². The van der Waals surface area contributed by atoms with Crippen LogP contribution in [0, 0.1) is 0 Å². The smallest absolute Gasteiger partial charge is 0.253 e. The zero-order valence-electron chi connectivity index (χ0n) is 12.7. The van der Waals surface area contributed by atoms with Crippen LogP contribution in [-0.4, -0.2) is 22.8 Å². The molecule has 0 N–H and O–H groups in total. The number of fused-ring (bicyclic) bond motifs is 1. The number of rotatable bonds is 4. The zero-order chi connectivity index (χ0) is 15.5. The van der Waals surface area contributed by atoms with E-state index >= 15 is 0 Å². The third-order valence-corrected chi connectivity index (χ3v) is 4.69. The first-order chi connectivity index (χ1) is 10.7. The van der Waals surface area contributed by atoms with Crippen LogP contribution in [0.15, 0.2) is 48.5 Å². The molecule has 0 spiro atoms. The highest BCUT2D eigenvalue weighted by molar-refractivity contribution is 7.18. The first-order valence-electron chi connectivity index (χ1n) is 7.36. The Kier molecular flexibility index (Phi) is 4.20. The van der Waals surface area contributed by atoms with E-state index in [2.05, 4.69) is 18.0 Å². The van der Waals surface area contributed by atoms with Crippen molar-refractivity contribution in [3.63, 3.8) is 0 Å². The number of hydrogen-bond acceptors (Lipinski definition) is 3. The molecule has 0 aliphatic rings. The molecule has 3 aromatic rings. The van der Waals surface area contributed by atoms with Crippen molar-refractivity contribution in [2.75, 3.05) is 7.05 Å². The van der Waals surface area contributed by atoms with Crippen LogP contribution in [0.1, 0.15) is 27.9 Å². The Hall–Kier alpha value is -2.20. The molecular formula is C18H18N2OS. The van der Waals surface area contributed by atoms with Gasteiger partial charge in [-0.05, 0) is 36.2 Å². The zero-order valence-corrected chi connectivity index (χ0v) is 13.6. The summed E-state index contributed by atoms with van der Waals surface area (Å²) in [4.78, 5) is 18.8. The average Bonchev–Trinajstić information content (AvgIpc) is 2.96. The van der Waals surface area contributed by atoms with Crippen LogP contribution in [0.3, 0.4) is 0 Å². The molecule has 22 heavy (non-hydrogen) atoms. The number of carbonyl (C=O) groups excluding carboxylic acids is 1.